The van der Waals surface area contributed by atoms with E-state index in [0.29, 0.717) is 61.6 Å². The highest BCUT2D eigenvalue weighted by atomic mass is 19.4. The summed E-state index contributed by atoms with van der Waals surface area (Å²) in [6.07, 6.45) is 0.996. The SMILES string of the molecule is O=C1NCCN(CCC2CCC(O)(C#CO)CC2)C2=C1Cc1ccc(C(F)(F)F)cc12. The second-order valence-electron chi connectivity index (χ2n) is 8.62. The van der Waals surface area contributed by atoms with Gasteiger partial charge in [-0.1, -0.05) is 6.07 Å². The lowest BCUT2D eigenvalue weighted by Crippen LogP contribution is -2.34. The molecule has 1 fully saturated rings. The fourth-order valence-corrected chi connectivity index (χ4v) is 4.87. The lowest BCUT2D eigenvalue weighted by Gasteiger charge is -2.34. The molecule has 1 aliphatic heterocycles. The zero-order chi connectivity index (χ0) is 22.2. The zero-order valence-electron chi connectivity index (χ0n) is 17.1. The first-order valence-corrected chi connectivity index (χ1v) is 10.6. The van der Waals surface area contributed by atoms with E-state index in [9.17, 15) is 23.1 Å². The van der Waals surface area contributed by atoms with E-state index in [4.69, 9.17) is 5.11 Å². The molecule has 0 spiro atoms. The monoisotopic (exact) mass is 434 g/mol. The van der Waals surface area contributed by atoms with Gasteiger partial charge < -0.3 is 20.4 Å². The number of hydrogen-bond acceptors (Lipinski definition) is 4. The van der Waals surface area contributed by atoms with E-state index in [1.54, 1.807) is 6.11 Å². The van der Waals surface area contributed by atoms with Gasteiger partial charge >= 0.3 is 6.18 Å². The van der Waals surface area contributed by atoms with Crippen molar-refractivity contribution < 1.29 is 28.2 Å². The van der Waals surface area contributed by atoms with Crippen LogP contribution in [-0.4, -0.2) is 46.3 Å². The molecule has 3 N–H and O–H groups in total. The Balaban J connectivity index is 1.53. The zero-order valence-corrected chi connectivity index (χ0v) is 17.1. The molecule has 0 aromatic heterocycles. The Labute approximate surface area is 178 Å². The number of carbonyl (C=O) groups is 1. The fraction of sp³-hybridized carbons (Fsp3) is 0.522. The lowest BCUT2D eigenvalue weighted by atomic mass is 9.78. The molecule has 2 aliphatic carbocycles. The Morgan fingerprint density at radius 2 is 2.00 bits per heavy atom. The van der Waals surface area contributed by atoms with Crippen molar-refractivity contribution in [3.05, 3.63) is 40.5 Å². The standard InChI is InChI=1S/C23H25F3N2O3/c24-23(25,26)17-2-1-16-13-19-20(18(16)14-17)28(11-9-27-21(19)30)10-5-15-3-6-22(31,7-4-15)8-12-29/h1-2,14-15,29,31H,3-7,9-11,13H2,(H,27,30). The number of nitrogens with one attached hydrogen (secondary N) is 1. The summed E-state index contributed by atoms with van der Waals surface area (Å²) >= 11 is 0. The largest absolute Gasteiger partial charge is 0.462 e. The summed E-state index contributed by atoms with van der Waals surface area (Å²) in [5, 5.41) is 21.9. The number of halogens is 3. The topological polar surface area (TPSA) is 72.8 Å². The number of benzene rings is 1. The van der Waals surface area contributed by atoms with Crippen molar-refractivity contribution in [3.63, 3.8) is 0 Å². The minimum atomic E-state index is -4.44. The van der Waals surface area contributed by atoms with Gasteiger partial charge in [0.25, 0.3) is 0 Å². The van der Waals surface area contributed by atoms with Gasteiger partial charge in [-0.05, 0) is 61.6 Å². The minimum Gasteiger partial charge on any atom is -0.462 e. The van der Waals surface area contributed by atoms with E-state index in [-0.39, 0.29) is 5.91 Å². The van der Waals surface area contributed by atoms with Crippen molar-refractivity contribution in [2.24, 2.45) is 5.92 Å². The fourth-order valence-electron chi connectivity index (χ4n) is 4.87. The van der Waals surface area contributed by atoms with E-state index in [1.807, 2.05) is 4.90 Å². The summed E-state index contributed by atoms with van der Waals surface area (Å²) in [5.74, 6) is 2.60. The van der Waals surface area contributed by atoms with Gasteiger partial charge in [0.05, 0.1) is 11.3 Å². The molecule has 31 heavy (non-hydrogen) atoms. The third-order valence-electron chi connectivity index (χ3n) is 6.63. The molecule has 1 aromatic rings. The van der Waals surface area contributed by atoms with E-state index in [2.05, 4.69) is 11.2 Å². The van der Waals surface area contributed by atoms with Crippen LogP contribution in [0.5, 0.6) is 0 Å². The number of aliphatic hydroxyl groups is 2. The van der Waals surface area contributed by atoms with Gasteiger partial charge in [0.15, 0.2) is 0 Å². The number of carbonyl (C=O) groups excluding carboxylic acids is 1. The van der Waals surface area contributed by atoms with Gasteiger partial charge in [-0.2, -0.15) is 13.2 Å². The molecule has 3 aliphatic rings. The average molecular weight is 434 g/mol. The van der Waals surface area contributed by atoms with Crippen molar-refractivity contribution in [3.8, 4) is 12.0 Å². The van der Waals surface area contributed by atoms with Crippen molar-refractivity contribution in [2.75, 3.05) is 19.6 Å². The number of rotatable bonds is 3. The highest BCUT2D eigenvalue weighted by Crippen LogP contribution is 2.41. The molecule has 8 heteroatoms. The predicted octanol–water partition coefficient (Wildman–Crippen LogP) is 3.05. The lowest BCUT2D eigenvalue weighted by molar-refractivity contribution is -0.137. The molecule has 0 bridgehead atoms. The van der Waals surface area contributed by atoms with Crippen LogP contribution in [0, 0.1) is 17.9 Å². The Bertz CT molecular complexity index is 967. The van der Waals surface area contributed by atoms with Gasteiger partial charge in [-0.15, -0.1) is 0 Å². The number of hydrogen-bond donors (Lipinski definition) is 3. The molecule has 0 atom stereocenters. The molecule has 166 valence electrons. The molecule has 4 rings (SSSR count). The second-order valence-corrected chi connectivity index (χ2v) is 8.62. The predicted molar refractivity (Wildman–Crippen MR) is 108 cm³/mol. The van der Waals surface area contributed by atoms with Gasteiger partial charge in [0.2, 0.25) is 5.91 Å². The maximum absolute atomic E-state index is 13.3. The van der Waals surface area contributed by atoms with Gasteiger partial charge in [0.1, 0.15) is 11.7 Å². The van der Waals surface area contributed by atoms with Crippen LogP contribution in [0.15, 0.2) is 23.8 Å². The van der Waals surface area contributed by atoms with Gasteiger partial charge in [-0.3, -0.25) is 4.79 Å². The quantitative estimate of drug-likeness (QED) is 0.640. The number of amides is 1. The van der Waals surface area contributed by atoms with E-state index >= 15 is 0 Å². The molecule has 0 unspecified atom stereocenters. The molecular weight excluding hydrogens is 409 g/mol. The summed E-state index contributed by atoms with van der Waals surface area (Å²) in [5.41, 5.74) is 0.542. The summed E-state index contributed by atoms with van der Waals surface area (Å²) < 4.78 is 39.9. The van der Waals surface area contributed by atoms with Crippen LogP contribution >= 0.6 is 0 Å². The smallest absolute Gasteiger partial charge is 0.416 e. The van der Waals surface area contributed by atoms with Crippen LogP contribution in [0.1, 0.15) is 48.8 Å². The van der Waals surface area contributed by atoms with Crippen molar-refractivity contribution >= 4 is 11.6 Å². The summed E-state index contributed by atoms with van der Waals surface area (Å²) in [6, 6.07) is 3.71. The Hall–Kier alpha value is -2.66. The summed E-state index contributed by atoms with van der Waals surface area (Å²) in [6.45, 7) is 1.60. The maximum Gasteiger partial charge on any atom is 0.416 e. The molecule has 1 heterocycles. The summed E-state index contributed by atoms with van der Waals surface area (Å²) in [7, 11) is 0. The molecule has 0 radical (unpaired) electrons. The first-order valence-electron chi connectivity index (χ1n) is 10.6. The summed E-state index contributed by atoms with van der Waals surface area (Å²) in [4.78, 5) is 14.6. The number of alkyl halides is 3. The molecule has 1 aromatic carbocycles. The van der Waals surface area contributed by atoms with Crippen LogP contribution < -0.4 is 5.32 Å². The van der Waals surface area contributed by atoms with Gasteiger partial charge in [0, 0.05) is 37.2 Å². The second kappa shape index (κ2) is 8.12. The van der Waals surface area contributed by atoms with Gasteiger partial charge in [-0.25, -0.2) is 0 Å². The van der Waals surface area contributed by atoms with Crippen LogP contribution in [0.3, 0.4) is 0 Å². The molecular formula is C23H25F3N2O3. The average Bonchev–Trinajstić information content (AvgIpc) is 3.02. The van der Waals surface area contributed by atoms with Crippen molar-refractivity contribution in [1.82, 2.24) is 10.2 Å². The number of aliphatic hydroxyl groups excluding tert-OH is 1. The minimum absolute atomic E-state index is 0.215. The maximum atomic E-state index is 13.3. The Morgan fingerprint density at radius 1 is 1.26 bits per heavy atom. The Morgan fingerprint density at radius 3 is 2.68 bits per heavy atom. The molecule has 1 amide bonds. The van der Waals surface area contributed by atoms with E-state index in [0.717, 1.165) is 37.0 Å². The van der Waals surface area contributed by atoms with Crippen LogP contribution in [0.25, 0.3) is 5.70 Å². The number of nitrogens with zero attached hydrogens (tertiary/aromatic N) is 1. The number of fused-ring (bicyclic) bond motifs is 2. The van der Waals surface area contributed by atoms with Crippen LogP contribution in [-0.2, 0) is 17.4 Å². The first-order chi connectivity index (χ1) is 14.7. The van der Waals surface area contributed by atoms with Crippen molar-refractivity contribution in [2.45, 2.75) is 50.3 Å². The molecule has 5 nitrogen and oxygen atoms in total. The van der Waals surface area contributed by atoms with Crippen molar-refractivity contribution in [1.29, 1.82) is 0 Å². The molecule has 0 saturated heterocycles. The van der Waals surface area contributed by atoms with Crippen LogP contribution in [0.4, 0.5) is 13.2 Å². The third-order valence-corrected chi connectivity index (χ3v) is 6.63. The van der Waals surface area contributed by atoms with Crippen LogP contribution in [0.2, 0.25) is 0 Å². The Kier molecular flexibility index (Phi) is 5.65. The van der Waals surface area contributed by atoms with E-state index in [1.165, 1.54) is 6.07 Å². The highest BCUT2D eigenvalue weighted by molar-refractivity contribution is 6.04. The first kappa shape index (κ1) is 21.6. The van der Waals surface area contributed by atoms with E-state index < -0.39 is 17.3 Å². The third kappa shape index (κ3) is 4.38. The molecule has 1 saturated carbocycles. The normalized spacial score (nSPS) is 25.9. The highest BCUT2D eigenvalue weighted by Gasteiger charge is 2.37.